The number of aromatic nitrogens is 2. The minimum absolute atomic E-state index is 0.0876. The van der Waals surface area contributed by atoms with Crippen LogP contribution in [0.3, 0.4) is 0 Å². The maximum atomic E-state index is 12.3. The van der Waals surface area contributed by atoms with Crippen molar-refractivity contribution >= 4 is 17.2 Å². The van der Waals surface area contributed by atoms with Gasteiger partial charge in [-0.15, -0.1) is 10.2 Å². The Bertz CT molecular complexity index is 602. The molecule has 0 N–H and O–H groups in total. The third-order valence-corrected chi connectivity index (χ3v) is 4.50. The third kappa shape index (κ3) is 2.98. The van der Waals surface area contributed by atoms with Crippen LogP contribution in [0.15, 0.2) is 21.2 Å². The minimum atomic E-state index is 0.0876. The molecule has 1 saturated heterocycles. The Morgan fingerprint density at radius 3 is 2.67 bits per heavy atom. The number of rotatable bonds is 3. The number of hydrogen-bond acceptors (Lipinski definition) is 6. The second-order valence-corrected chi connectivity index (χ2v) is 5.96. The summed E-state index contributed by atoms with van der Waals surface area (Å²) >= 11 is 1.55. The lowest BCUT2D eigenvalue weighted by atomic mass is 10.2. The molecule has 0 spiro atoms. The Morgan fingerprint density at radius 2 is 2.10 bits per heavy atom. The van der Waals surface area contributed by atoms with E-state index in [2.05, 4.69) is 22.0 Å². The Labute approximate surface area is 127 Å². The number of carbonyl (C=O) groups is 1. The highest BCUT2D eigenvalue weighted by molar-refractivity contribution is 7.08. The lowest BCUT2D eigenvalue weighted by Gasteiger charge is -2.36. The molecule has 1 aliphatic rings. The van der Waals surface area contributed by atoms with Crippen LogP contribution in [0.2, 0.25) is 0 Å². The summed E-state index contributed by atoms with van der Waals surface area (Å²) in [4.78, 5) is 16.5. The lowest BCUT2D eigenvalue weighted by molar-refractivity contribution is 0.0558. The first-order valence-corrected chi connectivity index (χ1v) is 7.95. The number of piperazine rings is 1. The minimum Gasteiger partial charge on any atom is -0.424 e. The zero-order valence-corrected chi connectivity index (χ0v) is 13.0. The van der Waals surface area contributed by atoms with Gasteiger partial charge in [0, 0.05) is 38.5 Å². The number of aryl methyl sites for hydroxylation is 1. The Morgan fingerprint density at radius 1 is 1.33 bits per heavy atom. The molecule has 1 amide bonds. The number of hydrogen-bond donors (Lipinski definition) is 0. The normalized spacial score (nSPS) is 17.9. The number of thiophene rings is 1. The molecule has 0 bridgehead atoms. The molecule has 3 heterocycles. The lowest BCUT2D eigenvalue weighted by Crippen LogP contribution is -2.49. The van der Waals surface area contributed by atoms with Gasteiger partial charge in [-0.3, -0.25) is 9.69 Å². The molecule has 0 aromatic carbocycles. The second kappa shape index (κ2) is 5.95. The Kier molecular flexibility index (Phi) is 4.03. The number of carbonyl (C=O) groups excluding carboxylic acids is 1. The maximum Gasteiger partial charge on any atom is 0.254 e. The van der Waals surface area contributed by atoms with Crippen LogP contribution in [0.1, 0.15) is 35.1 Å². The molecule has 0 aliphatic carbocycles. The van der Waals surface area contributed by atoms with Gasteiger partial charge >= 0.3 is 0 Å². The molecule has 0 radical (unpaired) electrons. The van der Waals surface area contributed by atoms with Crippen molar-refractivity contribution < 1.29 is 9.21 Å². The highest BCUT2D eigenvalue weighted by Crippen LogP contribution is 2.21. The van der Waals surface area contributed by atoms with Crippen LogP contribution < -0.4 is 0 Å². The van der Waals surface area contributed by atoms with Crippen LogP contribution in [0.5, 0.6) is 0 Å². The summed E-state index contributed by atoms with van der Waals surface area (Å²) in [7, 11) is 0. The molecule has 6 nitrogen and oxygen atoms in total. The fourth-order valence-corrected chi connectivity index (χ4v) is 3.15. The van der Waals surface area contributed by atoms with Gasteiger partial charge < -0.3 is 9.32 Å². The molecule has 21 heavy (non-hydrogen) atoms. The highest BCUT2D eigenvalue weighted by Gasteiger charge is 2.27. The average molecular weight is 306 g/mol. The monoisotopic (exact) mass is 306 g/mol. The van der Waals surface area contributed by atoms with Gasteiger partial charge in [0.15, 0.2) is 0 Å². The molecule has 0 saturated carbocycles. The van der Waals surface area contributed by atoms with Crippen molar-refractivity contribution in [1.82, 2.24) is 20.0 Å². The zero-order chi connectivity index (χ0) is 14.8. The summed E-state index contributed by atoms with van der Waals surface area (Å²) in [6, 6.07) is 1.97. The van der Waals surface area contributed by atoms with E-state index >= 15 is 0 Å². The predicted molar refractivity (Wildman–Crippen MR) is 79.2 cm³/mol. The first kappa shape index (κ1) is 14.2. The largest absolute Gasteiger partial charge is 0.424 e. The number of amides is 1. The SMILES string of the molecule is Cc1nnc(C(C)N2CCN(C(=O)c3ccsc3)CC2)o1. The van der Waals surface area contributed by atoms with Crippen molar-refractivity contribution in [3.05, 3.63) is 34.2 Å². The quantitative estimate of drug-likeness (QED) is 0.867. The Hall–Kier alpha value is -1.73. The predicted octanol–water partition coefficient (Wildman–Crippen LogP) is 1.96. The van der Waals surface area contributed by atoms with Crippen molar-refractivity contribution in [1.29, 1.82) is 0 Å². The van der Waals surface area contributed by atoms with Gasteiger partial charge in [-0.1, -0.05) is 0 Å². The molecule has 1 atom stereocenters. The van der Waals surface area contributed by atoms with E-state index in [4.69, 9.17) is 4.42 Å². The molecular weight excluding hydrogens is 288 g/mol. The maximum absolute atomic E-state index is 12.3. The average Bonchev–Trinajstić information content (AvgIpc) is 3.17. The Balaban J connectivity index is 1.59. The molecule has 1 fully saturated rings. The molecule has 7 heteroatoms. The van der Waals surface area contributed by atoms with E-state index in [9.17, 15) is 4.79 Å². The van der Waals surface area contributed by atoms with Crippen LogP contribution >= 0.6 is 11.3 Å². The van der Waals surface area contributed by atoms with Crippen molar-refractivity contribution in [3.8, 4) is 0 Å². The van der Waals surface area contributed by atoms with E-state index in [1.165, 1.54) is 0 Å². The zero-order valence-electron chi connectivity index (χ0n) is 12.2. The van der Waals surface area contributed by atoms with E-state index in [0.29, 0.717) is 11.8 Å². The molecule has 1 unspecified atom stereocenters. The van der Waals surface area contributed by atoms with Gasteiger partial charge in [0.25, 0.3) is 5.91 Å². The van der Waals surface area contributed by atoms with Gasteiger partial charge in [0.1, 0.15) is 0 Å². The summed E-state index contributed by atoms with van der Waals surface area (Å²) in [5.41, 5.74) is 0.786. The van der Waals surface area contributed by atoms with Gasteiger partial charge in [-0.05, 0) is 18.4 Å². The molecule has 1 aliphatic heterocycles. The van der Waals surface area contributed by atoms with Crippen LogP contribution in [-0.4, -0.2) is 52.1 Å². The van der Waals surface area contributed by atoms with Crippen LogP contribution in [0.25, 0.3) is 0 Å². The molecular formula is C14H18N4O2S. The van der Waals surface area contributed by atoms with Gasteiger partial charge in [0.2, 0.25) is 11.8 Å². The highest BCUT2D eigenvalue weighted by atomic mass is 32.1. The fraction of sp³-hybridized carbons (Fsp3) is 0.500. The van der Waals surface area contributed by atoms with E-state index in [-0.39, 0.29) is 11.9 Å². The fourth-order valence-electron chi connectivity index (χ4n) is 2.52. The number of nitrogens with zero attached hydrogens (tertiary/aromatic N) is 4. The van der Waals surface area contributed by atoms with Crippen molar-refractivity contribution in [2.75, 3.05) is 26.2 Å². The van der Waals surface area contributed by atoms with Crippen molar-refractivity contribution in [2.45, 2.75) is 19.9 Å². The smallest absolute Gasteiger partial charge is 0.254 e. The van der Waals surface area contributed by atoms with Crippen LogP contribution in [-0.2, 0) is 0 Å². The third-order valence-electron chi connectivity index (χ3n) is 3.82. The molecule has 3 rings (SSSR count). The van der Waals surface area contributed by atoms with E-state index in [0.717, 1.165) is 31.7 Å². The first-order valence-electron chi connectivity index (χ1n) is 7.00. The summed E-state index contributed by atoms with van der Waals surface area (Å²) in [5.74, 6) is 1.35. The van der Waals surface area contributed by atoms with E-state index in [1.54, 1.807) is 18.3 Å². The summed E-state index contributed by atoms with van der Waals surface area (Å²) in [6.07, 6.45) is 0. The van der Waals surface area contributed by atoms with E-state index in [1.807, 2.05) is 21.7 Å². The van der Waals surface area contributed by atoms with Crippen LogP contribution in [0, 0.1) is 6.92 Å². The first-order chi connectivity index (χ1) is 10.1. The van der Waals surface area contributed by atoms with E-state index < -0.39 is 0 Å². The summed E-state index contributed by atoms with van der Waals surface area (Å²) in [5, 5.41) is 11.8. The molecule has 2 aromatic heterocycles. The van der Waals surface area contributed by atoms with Crippen molar-refractivity contribution in [2.24, 2.45) is 0 Å². The standard InChI is InChI=1S/C14H18N4O2S/c1-10(13-16-15-11(2)20-13)17-4-6-18(7-5-17)14(19)12-3-8-21-9-12/h3,8-10H,4-7H2,1-2H3. The molecule has 2 aromatic rings. The van der Waals surface area contributed by atoms with Gasteiger partial charge in [-0.25, -0.2) is 0 Å². The van der Waals surface area contributed by atoms with Gasteiger partial charge in [0.05, 0.1) is 11.6 Å². The van der Waals surface area contributed by atoms with Gasteiger partial charge in [-0.2, -0.15) is 11.3 Å². The summed E-state index contributed by atoms with van der Waals surface area (Å²) < 4.78 is 5.49. The van der Waals surface area contributed by atoms with Crippen molar-refractivity contribution in [3.63, 3.8) is 0 Å². The van der Waals surface area contributed by atoms with Crippen LogP contribution in [0.4, 0.5) is 0 Å². The topological polar surface area (TPSA) is 62.5 Å². The molecule has 112 valence electrons. The second-order valence-electron chi connectivity index (χ2n) is 5.18. The summed E-state index contributed by atoms with van der Waals surface area (Å²) in [6.45, 7) is 6.94.